The predicted molar refractivity (Wildman–Crippen MR) is 84.3 cm³/mol. The number of hydrogen-bond acceptors (Lipinski definition) is 4. The van der Waals surface area contributed by atoms with Gasteiger partial charge in [0.1, 0.15) is 12.4 Å². The van der Waals surface area contributed by atoms with E-state index in [-0.39, 0.29) is 12.3 Å². The number of nitro groups is 1. The zero-order valence-corrected chi connectivity index (χ0v) is 12.0. The van der Waals surface area contributed by atoms with Crippen LogP contribution in [0.2, 0.25) is 0 Å². The van der Waals surface area contributed by atoms with Crippen LogP contribution in [0.15, 0.2) is 59.8 Å². The Morgan fingerprint density at radius 2 is 1.86 bits per heavy atom. The third-order valence-electron chi connectivity index (χ3n) is 3.05. The first-order valence-electron chi connectivity index (χ1n) is 6.86. The fraction of sp³-hybridized carbons (Fsp3) is 0.188. The largest absolute Gasteiger partial charge is 0.390 e. The molecule has 114 valence electrons. The summed E-state index contributed by atoms with van der Waals surface area (Å²) in [6, 6.07) is 16.2. The van der Waals surface area contributed by atoms with Crippen molar-refractivity contribution < 1.29 is 9.76 Å². The molecule has 0 fully saturated rings. The van der Waals surface area contributed by atoms with Crippen molar-refractivity contribution in [3.8, 4) is 0 Å². The Hall–Kier alpha value is -2.89. The van der Waals surface area contributed by atoms with Gasteiger partial charge in [-0.25, -0.2) is 0 Å². The second-order valence-corrected chi connectivity index (χ2v) is 4.77. The van der Waals surface area contributed by atoms with E-state index in [4.69, 9.17) is 10.6 Å². The first kappa shape index (κ1) is 15.5. The molecule has 0 heterocycles. The molecule has 0 aliphatic carbocycles. The van der Waals surface area contributed by atoms with Crippen molar-refractivity contribution in [2.45, 2.75) is 19.4 Å². The number of rotatable bonds is 7. The normalized spacial score (nSPS) is 11.2. The van der Waals surface area contributed by atoms with Crippen LogP contribution in [0, 0.1) is 10.1 Å². The highest BCUT2D eigenvalue weighted by molar-refractivity contribution is 5.79. The quantitative estimate of drug-likeness (QED) is 0.368. The second kappa shape index (κ2) is 7.78. The number of amidine groups is 1. The van der Waals surface area contributed by atoms with Crippen LogP contribution in [-0.2, 0) is 17.9 Å². The molecule has 0 aliphatic heterocycles. The number of nitrogens with zero attached hydrogens (tertiary/aromatic N) is 2. The molecule has 6 nitrogen and oxygen atoms in total. The number of non-ortho nitro benzene ring substituents is 1. The molecule has 0 unspecified atom stereocenters. The number of oxime groups is 1. The molecule has 0 aliphatic rings. The smallest absolute Gasteiger partial charge is 0.269 e. The van der Waals surface area contributed by atoms with Crippen LogP contribution in [0.5, 0.6) is 0 Å². The number of nitro benzene ring substituents is 1. The van der Waals surface area contributed by atoms with Gasteiger partial charge in [-0.1, -0.05) is 47.6 Å². The van der Waals surface area contributed by atoms with Gasteiger partial charge in [0.05, 0.1) is 4.92 Å². The van der Waals surface area contributed by atoms with E-state index in [1.807, 2.05) is 30.3 Å². The lowest BCUT2D eigenvalue weighted by Crippen LogP contribution is -2.13. The summed E-state index contributed by atoms with van der Waals surface area (Å²) in [4.78, 5) is 15.4. The van der Waals surface area contributed by atoms with Gasteiger partial charge in [0.25, 0.3) is 5.69 Å². The maximum Gasteiger partial charge on any atom is 0.269 e. The highest BCUT2D eigenvalue weighted by Crippen LogP contribution is 2.13. The minimum Gasteiger partial charge on any atom is -0.390 e. The molecule has 0 saturated carbocycles. The van der Waals surface area contributed by atoms with Crippen molar-refractivity contribution in [1.29, 1.82) is 0 Å². The van der Waals surface area contributed by atoms with Gasteiger partial charge in [0.2, 0.25) is 0 Å². The van der Waals surface area contributed by atoms with E-state index >= 15 is 0 Å². The van der Waals surface area contributed by atoms with Crippen molar-refractivity contribution in [3.05, 3.63) is 75.8 Å². The topological polar surface area (TPSA) is 90.8 Å². The van der Waals surface area contributed by atoms with Crippen LogP contribution >= 0.6 is 0 Å². The molecule has 0 saturated heterocycles. The van der Waals surface area contributed by atoms with Gasteiger partial charge in [-0.15, -0.1) is 0 Å². The van der Waals surface area contributed by atoms with Crippen LogP contribution < -0.4 is 5.73 Å². The molecule has 2 aromatic rings. The Kier molecular flexibility index (Phi) is 5.48. The van der Waals surface area contributed by atoms with E-state index in [9.17, 15) is 10.1 Å². The van der Waals surface area contributed by atoms with Crippen molar-refractivity contribution >= 4 is 11.5 Å². The van der Waals surface area contributed by atoms with E-state index in [2.05, 4.69) is 5.16 Å². The molecule has 0 bridgehead atoms. The summed E-state index contributed by atoms with van der Waals surface area (Å²) in [5, 5.41) is 14.5. The molecule has 2 aromatic carbocycles. The van der Waals surface area contributed by atoms with Gasteiger partial charge in [0.15, 0.2) is 0 Å². The zero-order chi connectivity index (χ0) is 15.8. The van der Waals surface area contributed by atoms with Gasteiger partial charge >= 0.3 is 0 Å². The van der Waals surface area contributed by atoms with Crippen molar-refractivity contribution in [1.82, 2.24) is 0 Å². The first-order valence-corrected chi connectivity index (χ1v) is 6.86. The lowest BCUT2D eigenvalue weighted by Gasteiger charge is -2.03. The molecule has 22 heavy (non-hydrogen) atoms. The van der Waals surface area contributed by atoms with Gasteiger partial charge in [-0.2, -0.15) is 0 Å². The van der Waals surface area contributed by atoms with Gasteiger partial charge in [-0.3, -0.25) is 10.1 Å². The zero-order valence-electron chi connectivity index (χ0n) is 12.0. The van der Waals surface area contributed by atoms with Gasteiger partial charge in [-0.05, 0) is 17.5 Å². The molecule has 0 spiro atoms. The number of nitrogens with two attached hydrogens (primary N) is 1. The number of hydrogen-bond donors (Lipinski definition) is 1. The van der Waals surface area contributed by atoms with E-state index in [1.165, 1.54) is 17.7 Å². The number of benzene rings is 2. The third-order valence-corrected chi connectivity index (χ3v) is 3.05. The molecular formula is C16H17N3O3. The minimum absolute atomic E-state index is 0.0297. The summed E-state index contributed by atoms with van der Waals surface area (Å²) >= 11 is 0. The van der Waals surface area contributed by atoms with Crippen molar-refractivity contribution in [2.24, 2.45) is 10.9 Å². The first-order chi connectivity index (χ1) is 10.6. The lowest BCUT2D eigenvalue weighted by molar-refractivity contribution is -0.384. The van der Waals surface area contributed by atoms with Crippen LogP contribution in [0.3, 0.4) is 0 Å². The Morgan fingerprint density at radius 1 is 1.14 bits per heavy atom. The molecule has 2 N–H and O–H groups in total. The molecule has 0 amide bonds. The standard InChI is InChI=1S/C16H17N3O3/c17-16(10-9-13-5-2-1-3-6-13)18-22-12-14-7-4-8-15(11-14)19(20)21/h1-8,11H,9-10,12H2,(H2,17,18). The van der Waals surface area contributed by atoms with Crippen LogP contribution in [0.4, 0.5) is 5.69 Å². The maximum absolute atomic E-state index is 10.7. The number of aryl methyl sites for hydroxylation is 1. The molecular weight excluding hydrogens is 282 g/mol. The van der Waals surface area contributed by atoms with Crippen molar-refractivity contribution in [2.75, 3.05) is 0 Å². The Morgan fingerprint density at radius 3 is 2.59 bits per heavy atom. The van der Waals surface area contributed by atoms with Crippen LogP contribution in [0.25, 0.3) is 0 Å². The molecule has 0 aromatic heterocycles. The van der Waals surface area contributed by atoms with E-state index in [0.29, 0.717) is 17.8 Å². The Balaban J connectivity index is 1.81. The van der Waals surface area contributed by atoms with E-state index < -0.39 is 4.92 Å². The van der Waals surface area contributed by atoms with Crippen LogP contribution in [0.1, 0.15) is 17.5 Å². The second-order valence-electron chi connectivity index (χ2n) is 4.77. The summed E-state index contributed by atoms with van der Waals surface area (Å²) in [6.07, 6.45) is 1.38. The summed E-state index contributed by atoms with van der Waals surface area (Å²) in [6.45, 7) is 0.147. The van der Waals surface area contributed by atoms with E-state index in [1.54, 1.807) is 12.1 Å². The monoisotopic (exact) mass is 299 g/mol. The Bertz CT molecular complexity index is 657. The van der Waals surface area contributed by atoms with Crippen LogP contribution in [-0.4, -0.2) is 10.8 Å². The predicted octanol–water partition coefficient (Wildman–Crippen LogP) is 3.02. The third kappa shape index (κ3) is 4.90. The highest BCUT2D eigenvalue weighted by Gasteiger charge is 2.05. The fourth-order valence-electron chi connectivity index (χ4n) is 1.91. The molecule has 2 rings (SSSR count). The molecule has 0 atom stereocenters. The average Bonchev–Trinajstić information content (AvgIpc) is 2.54. The minimum atomic E-state index is -0.443. The SMILES string of the molecule is N/C(CCc1ccccc1)=N\OCc1cccc([N+](=O)[O-])c1. The molecule has 0 radical (unpaired) electrons. The fourth-order valence-corrected chi connectivity index (χ4v) is 1.91. The van der Waals surface area contributed by atoms with Gasteiger partial charge in [0, 0.05) is 18.6 Å². The van der Waals surface area contributed by atoms with Crippen molar-refractivity contribution in [3.63, 3.8) is 0 Å². The molecule has 6 heteroatoms. The summed E-state index contributed by atoms with van der Waals surface area (Å²) in [7, 11) is 0. The summed E-state index contributed by atoms with van der Waals surface area (Å²) in [5.41, 5.74) is 7.67. The summed E-state index contributed by atoms with van der Waals surface area (Å²) < 4.78 is 0. The van der Waals surface area contributed by atoms with E-state index in [0.717, 1.165) is 6.42 Å². The summed E-state index contributed by atoms with van der Waals surface area (Å²) in [5.74, 6) is 0.397. The average molecular weight is 299 g/mol. The Labute approximate surface area is 128 Å². The lowest BCUT2D eigenvalue weighted by atomic mass is 10.1. The maximum atomic E-state index is 10.7. The highest BCUT2D eigenvalue weighted by atomic mass is 16.6. The van der Waals surface area contributed by atoms with Gasteiger partial charge < -0.3 is 10.6 Å².